The van der Waals surface area contributed by atoms with Gasteiger partial charge < -0.3 is 9.64 Å². The van der Waals surface area contributed by atoms with Crippen LogP contribution in [0.2, 0.25) is 5.02 Å². The molecule has 0 spiro atoms. The number of ether oxygens (including phenoxy) is 1. The predicted molar refractivity (Wildman–Crippen MR) is 99.7 cm³/mol. The van der Waals surface area contributed by atoms with Gasteiger partial charge in [0.15, 0.2) is 5.17 Å². The van der Waals surface area contributed by atoms with Crippen LogP contribution in [0.4, 0.5) is 5.69 Å². The van der Waals surface area contributed by atoms with Gasteiger partial charge in [-0.1, -0.05) is 35.5 Å². The van der Waals surface area contributed by atoms with Crippen LogP contribution in [0.1, 0.15) is 5.56 Å². The van der Waals surface area contributed by atoms with Gasteiger partial charge in [-0.25, -0.2) is 4.99 Å². The van der Waals surface area contributed by atoms with Crippen molar-refractivity contribution in [2.75, 3.05) is 20.7 Å². The molecule has 0 saturated carbocycles. The van der Waals surface area contributed by atoms with E-state index in [4.69, 9.17) is 16.3 Å². The van der Waals surface area contributed by atoms with E-state index in [0.717, 1.165) is 33.7 Å². The number of hydrogen-bond acceptors (Lipinski definition) is 3. The number of rotatable bonds is 3. The molecule has 2 aromatic rings. The topological polar surface area (TPSA) is 24.8 Å². The van der Waals surface area contributed by atoms with Crippen LogP contribution in [0, 0.1) is 0 Å². The van der Waals surface area contributed by atoms with Crippen molar-refractivity contribution in [3.05, 3.63) is 64.0 Å². The van der Waals surface area contributed by atoms with Crippen LogP contribution in [-0.4, -0.2) is 30.8 Å². The molecule has 1 aliphatic heterocycles. The maximum absolute atomic E-state index is 5.91. The Morgan fingerprint density at radius 1 is 1.13 bits per heavy atom. The molecular formula is C18H17ClN2OS. The zero-order valence-electron chi connectivity index (χ0n) is 13.0. The third kappa shape index (κ3) is 4.09. The van der Waals surface area contributed by atoms with Crippen LogP contribution in [0.15, 0.2) is 58.4 Å². The van der Waals surface area contributed by atoms with Gasteiger partial charge in [-0.15, -0.1) is 0 Å². The summed E-state index contributed by atoms with van der Waals surface area (Å²) in [4.78, 5) is 8.10. The largest absolute Gasteiger partial charge is 0.497 e. The number of thioether (sulfide) groups is 1. The summed E-state index contributed by atoms with van der Waals surface area (Å²) in [6, 6.07) is 15.6. The van der Waals surface area contributed by atoms with Crippen LogP contribution >= 0.6 is 23.4 Å². The fourth-order valence-electron chi connectivity index (χ4n) is 2.22. The second-order valence-corrected chi connectivity index (χ2v) is 6.74. The van der Waals surface area contributed by atoms with Crippen molar-refractivity contribution in [3.63, 3.8) is 0 Å². The molecule has 1 fully saturated rings. The number of amidine groups is 1. The zero-order valence-corrected chi connectivity index (χ0v) is 14.6. The highest BCUT2D eigenvalue weighted by atomic mass is 35.5. The first-order chi connectivity index (χ1) is 11.1. The standard InChI is InChI=1S/C18H17ClN2OS/c1-21-12-17(11-13-3-9-16(22-2)10-4-13)23-18(21)20-15-7-5-14(19)6-8-15/h3-11H,12H2,1-2H3/b17-11-,20-18?. The van der Waals surface area contributed by atoms with Gasteiger partial charge in [0.25, 0.3) is 0 Å². The summed E-state index contributed by atoms with van der Waals surface area (Å²) in [6.07, 6.45) is 2.19. The Morgan fingerprint density at radius 2 is 1.83 bits per heavy atom. The monoisotopic (exact) mass is 344 g/mol. The fourth-order valence-corrected chi connectivity index (χ4v) is 3.41. The minimum Gasteiger partial charge on any atom is -0.497 e. The molecule has 0 radical (unpaired) electrons. The molecule has 1 heterocycles. The number of likely N-dealkylation sites (N-methyl/N-ethyl adjacent to an activating group) is 1. The second-order valence-electron chi connectivity index (χ2n) is 5.21. The van der Waals surface area contributed by atoms with Gasteiger partial charge in [-0.3, -0.25) is 0 Å². The molecule has 0 aromatic heterocycles. The molecular weight excluding hydrogens is 328 g/mol. The Labute approximate surface area is 145 Å². The van der Waals surface area contributed by atoms with Crippen LogP contribution in [0.25, 0.3) is 6.08 Å². The molecule has 1 saturated heterocycles. The Kier molecular flexibility index (Phi) is 4.94. The van der Waals surface area contributed by atoms with Gasteiger partial charge in [0.2, 0.25) is 0 Å². The maximum Gasteiger partial charge on any atom is 0.169 e. The van der Waals surface area contributed by atoms with E-state index in [-0.39, 0.29) is 0 Å². The Hall–Kier alpha value is -1.91. The minimum absolute atomic E-state index is 0.724. The maximum atomic E-state index is 5.91. The Balaban J connectivity index is 1.77. The second kappa shape index (κ2) is 7.11. The van der Waals surface area contributed by atoms with E-state index in [9.17, 15) is 0 Å². The highest BCUT2D eigenvalue weighted by molar-refractivity contribution is 8.17. The predicted octanol–water partition coefficient (Wildman–Crippen LogP) is 5.06. The molecule has 0 amide bonds. The molecule has 5 heteroatoms. The molecule has 1 aliphatic rings. The first-order valence-corrected chi connectivity index (χ1v) is 8.41. The van der Waals surface area contributed by atoms with Crippen molar-refractivity contribution in [1.82, 2.24) is 4.90 Å². The SMILES string of the molecule is COc1ccc(/C=C2/CN(C)C(=Nc3ccc(Cl)cc3)S2)cc1. The summed E-state index contributed by atoms with van der Waals surface area (Å²) in [5.74, 6) is 0.869. The van der Waals surface area contributed by atoms with E-state index in [0.29, 0.717) is 0 Å². The summed E-state index contributed by atoms with van der Waals surface area (Å²) in [6.45, 7) is 0.864. The normalized spacial score (nSPS) is 18.0. The average molecular weight is 345 g/mol. The van der Waals surface area contributed by atoms with Crippen molar-refractivity contribution in [2.24, 2.45) is 4.99 Å². The molecule has 0 aliphatic carbocycles. The molecule has 118 valence electrons. The molecule has 0 N–H and O–H groups in total. The number of hydrogen-bond donors (Lipinski definition) is 0. The van der Waals surface area contributed by atoms with E-state index in [1.54, 1.807) is 18.9 Å². The summed E-state index contributed by atoms with van der Waals surface area (Å²) in [5.41, 5.74) is 2.07. The van der Waals surface area contributed by atoms with Crippen LogP contribution in [0.5, 0.6) is 5.75 Å². The third-order valence-electron chi connectivity index (χ3n) is 3.44. The lowest BCUT2D eigenvalue weighted by atomic mass is 10.2. The lowest BCUT2D eigenvalue weighted by Crippen LogP contribution is -2.17. The lowest BCUT2D eigenvalue weighted by molar-refractivity contribution is 0.415. The number of methoxy groups -OCH3 is 1. The van der Waals surface area contributed by atoms with Crippen LogP contribution in [0.3, 0.4) is 0 Å². The number of aliphatic imine (C=N–C) groups is 1. The van der Waals surface area contributed by atoms with Crippen molar-refractivity contribution in [2.45, 2.75) is 0 Å². The van der Waals surface area contributed by atoms with Crippen LogP contribution < -0.4 is 4.74 Å². The van der Waals surface area contributed by atoms with Crippen molar-refractivity contribution >= 4 is 40.3 Å². The number of nitrogens with zero attached hydrogens (tertiary/aromatic N) is 2. The van der Waals surface area contributed by atoms with Gasteiger partial charge in [0.05, 0.1) is 19.3 Å². The average Bonchev–Trinajstić information content (AvgIpc) is 2.90. The Morgan fingerprint density at radius 3 is 2.48 bits per heavy atom. The number of halogens is 1. The first kappa shape index (κ1) is 16.0. The van der Waals surface area contributed by atoms with Gasteiger partial charge in [0, 0.05) is 17.0 Å². The minimum atomic E-state index is 0.724. The van der Waals surface area contributed by atoms with Crippen molar-refractivity contribution in [3.8, 4) is 5.75 Å². The third-order valence-corrected chi connectivity index (χ3v) is 4.78. The molecule has 3 rings (SSSR count). The molecule has 0 atom stereocenters. The van der Waals surface area contributed by atoms with Gasteiger partial charge in [-0.05, 0) is 48.0 Å². The molecule has 0 unspecified atom stereocenters. The molecule has 0 bridgehead atoms. The highest BCUT2D eigenvalue weighted by Crippen LogP contribution is 2.32. The van der Waals surface area contributed by atoms with Gasteiger partial charge >= 0.3 is 0 Å². The summed E-state index contributed by atoms with van der Waals surface area (Å²) in [7, 11) is 3.73. The fraction of sp³-hybridized carbons (Fsp3) is 0.167. The van der Waals surface area contributed by atoms with E-state index in [1.165, 1.54) is 4.91 Å². The summed E-state index contributed by atoms with van der Waals surface area (Å²) in [5, 5.41) is 1.72. The zero-order chi connectivity index (χ0) is 16.2. The molecule has 23 heavy (non-hydrogen) atoms. The summed E-state index contributed by atoms with van der Waals surface area (Å²) >= 11 is 7.61. The Bertz CT molecular complexity index is 739. The van der Waals surface area contributed by atoms with Crippen LogP contribution in [-0.2, 0) is 0 Å². The van der Waals surface area contributed by atoms with E-state index < -0.39 is 0 Å². The molecule has 3 nitrogen and oxygen atoms in total. The molecule has 2 aromatic carbocycles. The summed E-state index contributed by atoms with van der Waals surface area (Å²) < 4.78 is 5.19. The van der Waals surface area contributed by atoms with E-state index in [1.807, 2.05) is 36.4 Å². The quantitative estimate of drug-likeness (QED) is 0.778. The highest BCUT2D eigenvalue weighted by Gasteiger charge is 2.20. The van der Waals surface area contributed by atoms with Crippen molar-refractivity contribution < 1.29 is 4.74 Å². The van der Waals surface area contributed by atoms with Gasteiger partial charge in [0.1, 0.15) is 5.75 Å². The van der Waals surface area contributed by atoms with E-state index in [2.05, 4.69) is 35.1 Å². The van der Waals surface area contributed by atoms with Gasteiger partial charge in [-0.2, -0.15) is 0 Å². The number of benzene rings is 2. The van der Waals surface area contributed by atoms with E-state index >= 15 is 0 Å². The first-order valence-electron chi connectivity index (χ1n) is 7.22. The van der Waals surface area contributed by atoms with Crippen molar-refractivity contribution in [1.29, 1.82) is 0 Å². The lowest BCUT2D eigenvalue weighted by Gasteiger charge is -2.08. The smallest absolute Gasteiger partial charge is 0.169 e.